The highest BCUT2D eigenvalue weighted by atomic mass is 16.5. The summed E-state index contributed by atoms with van der Waals surface area (Å²) in [5.74, 6) is -0.356. The highest BCUT2D eigenvalue weighted by Gasteiger charge is 2.19. The fourth-order valence-corrected chi connectivity index (χ4v) is 0.854. The van der Waals surface area contributed by atoms with Crippen molar-refractivity contribution in [3.63, 3.8) is 0 Å². The molecule has 0 radical (unpaired) electrons. The van der Waals surface area contributed by atoms with Gasteiger partial charge in [0.15, 0.2) is 5.71 Å². The summed E-state index contributed by atoms with van der Waals surface area (Å²) >= 11 is 0. The minimum absolute atomic E-state index is 0.0962. The number of rotatable bonds is 2. The summed E-state index contributed by atoms with van der Waals surface area (Å²) in [6.07, 6.45) is 0.423. The Balaban J connectivity index is 2.47. The molecule has 0 aromatic rings. The maximum atomic E-state index is 11.2. The smallest absolute Gasteiger partial charge is 0.355 e. The first-order valence-corrected chi connectivity index (χ1v) is 3.90. The van der Waals surface area contributed by atoms with Crippen LogP contribution in [0.2, 0.25) is 0 Å². The molecule has 1 rings (SSSR count). The maximum absolute atomic E-state index is 11.2. The van der Waals surface area contributed by atoms with Crippen molar-refractivity contribution in [1.82, 2.24) is 0 Å². The van der Waals surface area contributed by atoms with Crippen LogP contribution in [0, 0.1) is 0 Å². The van der Waals surface area contributed by atoms with Crippen molar-refractivity contribution in [3.8, 4) is 0 Å². The molecule has 0 aliphatic carbocycles. The largest absolute Gasteiger partial charge is 0.458 e. The summed E-state index contributed by atoms with van der Waals surface area (Å²) in [6.45, 7) is 5.45. The Labute approximate surface area is 71.3 Å². The molecule has 0 bridgehead atoms. The Morgan fingerprint density at radius 3 is 2.58 bits per heavy atom. The first-order chi connectivity index (χ1) is 5.59. The van der Waals surface area contributed by atoms with Crippen LogP contribution < -0.4 is 0 Å². The molecule has 0 N–H and O–H groups in total. The predicted molar refractivity (Wildman–Crippen MR) is 46.4 cm³/mol. The molecule has 4 nitrogen and oxygen atoms in total. The quantitative estimate of drug-likeness (QED) is 0.581. The van der Waals surface area contributed by atoms with Crippen LogP contribution in [0.25, 0.3) is 0 Å². The van der Waals surface area contributed by atoms with E-state index in [-0.39, 0.29) is 12.1 Å². The summed E-state index contributed by atoms with van der Waals surface area (Å²) in [5, 5.41) is 7.45. The summed E-state index contributed by atoms with van der Waals surface area (Å²) in [5.41, 5.74) is 1.26. The molecule has 0 aromatic carbocycles. The van der Waals surface area contributed by atoms with Gasteiger partial charge in [0, 0.05) is 12.1 Å². The average molecular weight is 168 g/mol. The van der Waals surface area contributed by atoms with Gasteiger partial charge >= 0.3 is 5.97 Å². The van der Waals surface area contributed by atoms with Crippen molar-refractivity contribution >= 4 is 17.4 Å². The molecule has 0 saturated heterocycles. The van der Waals surface area contributed by atoms with Gasteiger partial charge in [-0.05, 0) is 20.8 Å². The Bertz CT molecular complexity index is 254. The molecule has 0 atom stereocenters. The second kappa shape index (κ2) is 3.47. The van der Waals surface area contributed by atoms with Gasteiger partial charge in [0.05, 0.1) is 6.10 Å². The van der Waals surface area contributed by atoms with Crippen molar-refractivity contribution in [3.05, 3.63) is 0 Å². The molecule has 0 unspecified atom stereocenters. The molecule has 0 fully saturated rings. The third-order valence-corrected chi connectivity index (χ3v) is 1.34. The number of nitrogens with zero attached hydrogens (tertiary/aromatic N) is 2. The average Bonchev–Trinajstić information content (AvgIpc) is 2.34. The standard InChI is InChI=1S/C8H12N2O2/c1-5(2)12-8(11)7-4-6(3)9-10-7/h5H,4H2,1-3H3. The monoisotopic (exact) mass is 168 g/mol. The molecule has 0 amide bonds. The highest BCUT2D eigenvalue weighted by molar-refractivity contribution is 6.41. The van der Waals surface area contributed by atoms with E-state index in [9.17, 15) is 4.79 Å². The van der Waals surface area contributed by atoms with Gasteiger partial charge in [0.1, 0.15) is 0 Å². The summed E-state index contributed by atoms with van der Waals surface area (Å²) in [6, 6.07) is 0. The molecule has 66 valence electrons. The number of carbonyl (C=O) groups is 1. The van der Waals surface area contributed by atoms with Crippen molar-refractivity contribution in [2.45, 2.75) is 33.3 Å². The predicted octanol–water partition coefficient (Wildman–Crippen LogP) is 1.16. The Morgan fingerprint density at radius 1 is 1.50 bits per heavy atom. The van der Waals surface area contributed by atoms with Gasteiger partial charge in [0.25, 0.3) is 0 Å². The molecule has 0 aromatic heterocycles. The Kier molecular flexibility index (Phi) is 2.58. The lowest BCUT2D eigenvalue weighted by molar-refractivity contribution is -0.139. The minimum Gasteiger partial charge on any atom is -0.458 e. The fourth-order valence-electron chi connectivity index (χ4n) is 0.854. The topological polar surface area (TPSA) is 51.0 Å². The summed E-state index contributed by atoms with van der Waals surface area (Å²) in [7, 11) is 0. The summed E-state index contributed by atoms with van der Waals surface area (Å²) < 4.78 is 4.94. The lowest BCUT2D eigenvalue weighted by Gasteiger charge is -2.06. The van der Waals surface area contributed by atoms with Gasteiger partial charge in [0.2, 0.25) is 0 Å². The van der Waals surface area contributed by atoms with E-state index in [1.165, 1.54) is 0 Å². The highest BCUT2D eigenvalue weighted by Crippen LogP contribution is 2.04. The van der Waals surface area contributed by atoms with E-state index in [1.54, 1.807) is 13.8 Å². The van der Waals surface area contributed by atoms with Crippen molar-refractivity contribution in [2.24, 2.45) is 10.2 Å². The lowest BCUT2D eigenvalue weighted by atomic mass is 10.2. The van der Waals surface area contributed by atoms with Crippen molar-refractivity contribution in [2.75, 3.05) is 0 Å². The third kappa shape index (κ3) is 2.15. The zero-order valence-corrected chi connectivity index (χ0v) is 7.50. The number of esters is 1. The molecule has 1 aliphatic heterocycles. The molecule has 12 heavy (non-hydrogen) atoms. The molecular formula is C8H12N2O2. The van der Waals surface area contributed by atoms with Crippen LogP contribution in [0.5, 0.6) is 0 Å². The molecule has 0 saturated carbocycles. The first-order valence-electron chi connectivity index (χ1n) is 3.90. The van der Waals surface area contributed by atoms with Crippen LogP contribution in [0.3, 0.4) is 0 Å². The molecule has 1 aliphatic rings. The Morgan fingerprint density at radius 2 is 2.17 bits per heavy atom. The van der Waals surface area contributed by atoms with Crippen LogP contribution in [-0.4, -0.2) is 23.5 Å². The lowest BCUT2D eigenvalue weighted by Crippen LogP contribution is -2.20. The second-order valence-electron chi connectivity index (χ2n) is 3.01. The van der Waals surface area contributed by atoms with Gasteiger partial charge in [-0.1, -0.05) is 0 Å². The van der Waals surface area contributed by atoms with Crippen molar-refractivity contribution in [1.29, 1.82) is 0 Å². The van der Waals surface area contributed by atoms with Gasteiger partial charge in [-0.15, -0.1) is 5.10 Å². The molecule has 0 spiro atoms. The van der Waals surface area contributed by atoms with E-state index in [0.29, 0.717) is 12.1 Å². The van der Waals surface area contributed by atoms with Crippen molar-refractivity contribution < 1.29 is 9.53 Å². The first kappa shape index (κ1) is 8.90. The van der Waals surface area contributed by atoms with Gasteiger partial charge in [-0.25, -0.2) is 4.79 Å². The number of ether oxygens (including phenoxy) is 1. The second-order valence-corrected chi connectivity index (χ2v) is 3.01. The van der Waals surface area contributed by atoms with Gasteiger partial charge in [-0.2, -0.15) is 5.10 Å². The molecular weight excluding hydrogens is 156 g/mol. The maximum Gasteiger partial charge on any atom is 0.355 e. The van der Waals surface area contributed by atoms with E-state index in [4.69, 9.17) is 4.74 Å². The normalized spacial score (nSPS) is 16.0. The molecule has 1 heterocycles. The van der Waals surface area contributed by atoms with Crippen LogP contribution in [-0.2, 0) is 9.53 Å². The van der Waals surface area contributed by atoms with Gasteiger partial charge < -0.3 is 4.74 Å². The number of hydrogen-bond acceptors (Lipinski definition) is 4. The fraction of sp³-hybridized carbons (Fsp3) is 0.625. The third-order valence-electron chi connectivity index (χ3n) is 1.34. The number of carbonyl (C=O) groups excluding carboxylic acids is 1. The van der Waals surface area contributed by atoms with Crippen LogP contribution in [0.15, 0.2) is 10.2 Å². The van der Waals surface area contributed by atoms with Crippen LogP contribution >= 0.6 is 0 Å². The summed E-state index contributed by atoms with van der Waals surface area (Å²) in [4.78, 5) is 11.2. The molecule has 4 heteroatoms. The van der Waals surface area contributed by atoms with Gasteiger partial charge in [-0.3, -0.25) is 0 Å². The van der Waals surface area contributed by atoms with E-state index in [1.807, 2.05) is 6.92 Å². The van der Waals surface area contributed by atoms with Crippen LogP contribution in [0.4, 0.5) is 0 Å². The van der Waals surface area contributed by atoms with E-state index < -0.39 is 0 Å². The van der Waals surface area contributed by atoms with E-state index >= 15 is 0 Å². The SMILES string of the molecule is CC1=NN=C(C(=O)OC(C)C)C1. The number of hydrogen-bond donors (Lipinski definition) is 0. The minimum atomic E-state index is -0.356. The van der Waals surface area contributed by atoms with Crippen LogP contribution in [0.1, 0.15) is 27.2 Å². The van der Waals surface area contributed by atoms with E-state index in [0.717, 1.165) is 5.71 Å². The van der Waals surface area contributed by atoms with E-state index in [2.05, 4.69) is 10.2 Å². The Hall–Kier alpha value is -1.19. The zero-order valence-electron chi connectivity index (χ0n) is 7.50. The zero-order chi connectivity index (χ0) is 9.14.